The van der Waals surface area contributed by atoms with Crippen LogP contribution in [0.15, 0.2) is 49.1 Å². The van der Waals surface area contributed by atoms with Crippen molar-refractivity contribution in [2.45, 2.75) is 56.2 Å². The number of aromatic nitrogens is 2. The van der Waals surface area contributed by atoms with Gasteiger partial charge in [-0.2, -0.15) is 39.5 Å². The first kappa shape index (κ1) is 37.8. The number of carboxylic acid groups (broad SMARTS) is 3. The van der Waals surface area contributed by atoms with E-state index >= 15 is 0 Å². The highest BCUT2D eigenvalue weighted by molar-refractivity contribution is 5.73. The smallest absolute Gasteiger partial charge is 0.485 e. The van der Waals surface area contributed by atoms with Gasteiger partial charge in [0.2, 0.25) is 0 Å². The lowest BCUT2D eigenvalue weighted by atomic mass is 10.0. The van der Waals surface area contributed by atoms with Crippen molar-refractivity contribution in [2.24, 2.45) is 0 Å². The first-order valence-electron chi connectivity index (χ1n) is 11.9. The minimum Gasteiger partial charge on any atom is -0.485 e. The molecule has 2 saturated heterocycles. The third-order valence-corrected chi connectivity index (χ3v) is 5.37. The summed E-state index contributed by atoms with van der Waals surface area (Å²) in [4.78, 5) is 37.4. The minimum atomic E-state index is -5.08. The van der Waals surface area contributed by atoms with Crippen molar-refractivity contribution in [2.75, 3.05) is 13.2 Å². The molecule has 0 amide bonds. The van der Waals surface area contributed by atoms with E-state index in [0.717, 1.165) is 31.9 Å². The summed E-state index contributed by atoms with van der Waals surface area (Å²) in [5, 5.41) is 21.4. The van der Waals surface area contributed by atoms with Crippen LogP contribution in [0.25, 0.3) is 0 Å². The molecule has 2 aliphatic rings. The van der Waals surface area contributed by atoms with Crippen LogP contribution in [-0.2, 0) is 25.7 Å². The highest BCUT2D eigenvalue weighted by Gasteiger charge is 2.45. The number of rotatable bonds is 4. The first-order valence-corrected chi connectivity index (χ1v) is 11.9. The number of hydrogen-bond acceptors (Lipinski definition) is 8. The van der Waals surface area contributed by atoms with Crippen LogP contribution >= 0.6 is 0 Å². The van der Waals surface area contributed by atoms with Crippen LogP contribution in [0, 0.1) is 0 Å². The van der Waals surface area contributed by atoms with Gasteiger partial charge in [0, 0.05) is 44.3 Å². The van der Waals surface area contributed by atoms with E-state index in [1.807, 2.05) is 24.5 Å². The van der Waals surface area contributed by atoms with E-state index in [2.05, 4.69) is 27.0 Å². The maximum absolute atomic E-state index is 10.6. The van der Waals surface area contributed by atoms with Gasteiger partial charge in [-0.3, -0.25) is 14.9 Å². The Labute approximate surface area is 241 Å². The topological polar surface area (TPSA) is 159 Å². The summed E-state index contributed by atoms with van der Waals surface area (Å²) < 4.78 is 107. The zero-order valence-electron chi connectivity index (χ0n) is 22.0. The molecule has 3 atom stereocenters. The molecular weight excluding hydrogens is 629 g/mol. The van der Waals surface area contributed by atoms with Crippen LogP contribution in [0.1, 0.15) is 18.4 Å². The molecule has 4 heterocycles. The van der Waals surface area contributed by atoms with Crippen molar-refractivity contribution >= 4 is 17.9 Å². The molecule has 2 fully saturated rings. The van der Waals surface area contributed by atoms with Gasteiger partial charge in [0.25, 0.3) is 0 Å². The Bertz CT molecular complexity index is 1070. The van der Waals surface area contributed by atoms with Gasteiger partial charge in [0.15, 0.2) is 0 Å². The van der Waals surface area contributed by atoms with E-state index in [-0.39, 0.29) is 12.2 Å². The van der Waals surface area contributed by atoms with E-state index in [4.69, 9.17) is 39.2 Å². The lowest BCUT2D eigenvalue weighted by Gasteiger charge is -2.32. The fourth-order valence-corrected chi connectivity index (χ4v) is 3.60. The molecule has 3 N–H and O–H groups in total. The molecule has 2 aromatic rings. The molecule has 0 unspecified atom stereocenters. The zero-order valence-corrected chi connectivity index (χ0v) is 22.0. The predicted octanol–water partition coefficient (Wildman–Crippen LogP) is 4.19. The molecule has 2 aromatic heterocycles. The number of alkyl halides is 9. The van der Waals surface area contributed by atoms with Gasteiger partial charge in [0.1, 0.15) is 18.0 Å². The van der Waals surface area contributed by atoms with E-state index in [0.29, 0.717) is 6.04 Å². The minimum absolute atomic E-state index is 0.0614. The number of halogens is 9. The van der Waals surface area contributed by atoms with Crippen molar-refractivity contribution in [3.05, 3.63) is 54.6 Å². The van der Waals surface area contributed by atoms with Gasteiger partial charge < -0.3 is 24.8 Å². The van der Waals surface area contributed by atoms with Gasteiger partial charge in [0.05, 0.1) is 6.20 Å². The van der Waals surface area contributed by atoms with Crippen molar-refractivity contribution in [3.63, 3.8) is 0 Å². The maximum Gasteiger partial charge on any atom is 0.490 e. The first-order chi connectivity index (χ1) is 20.2. The van der Waals surface area contributed by atoms with Gasteiger partial charge in [-0.15, -0.1) is 0 Å². The maximum atomic E-state index is 10.6. The Morgan fingerprint density at radius 3 is 1.77 bits per heavy atom. The molecule has 4 rings (SSSR count). The van der Waals surface area contributed by atoms with Crippen LogP contribution in [0.2, 0.25) is 0 Å². The van der Waals surface area contributed by atoms with Crippen molar-refractivity contribution in [1.82, 2.24) is 14.9 Å². The standard InChI is InChI=1S/C18H21N3O2.3C2HF3O2/c1-3-15(11-20-7-1)23-17-13-21(12-14-5-8-19-9-6-14)16-4-2-10-22-18(16)17;3*3-2(4,5)1(6)7/h1,3,5-9,11,16-18H,2,4,10,12-13H2;3*(H,6,7)/t16-,17-,18-;;;/m0.../s1. The molecule has 0 radical (unpaired) electrons. The number of aliphatic carboxylic acids is 3. The zero-order chi connectivity index (χ0) is 33.7. The number of hydrogen-bond donors (Lipinski definition) is 3. The number of carboxylic acids is 3. The van der Waals surface area contributed by atoms with Gasteiger partial charge in [-0.25, -0.2) is 14.4 Å². The summed E-state index contributed by atoms with van der Waals surface area (Å²) >= 11 is 0. The van der Waals surface area contributed by atoms with Crippen LogP contribution in [0.3, 0.4) is 0 Å². The molecule has 2 aliphatic heterocycles. The van der Waals surface area contributed by atoms with E-state index in [1.54, 1.807) is 12.4 Å². The quantitative estimate of drug-likeness (QED) is 0.407. The summed E-state index contributed by atoms with van der Waals surface area (Å²) in [7, 11) is 0. The monoisotopic (exact) mass is 653 g/mol. The third-order valence-electron chi connectivity index (χ3n) is 5.37. The van der Waals surface area contributed by atoms with Crippen molar-refractivity contribution in [3.8, 4) is 5.75 Å². The van der Waals surface area contributed by atoms with Crippen LogP contribution in [-0.4, -0.2) is 98.0 Å². The second kappa shape index (κ2) is 16.6. The highest BCUT2D eigenvalue weighted by Crippen LogP contribution is 2.32. The molecule has 0 aliphatic carbocycles. The lowest BCUT2D eigenvalue weighted by molar-refractivity contribution is -0.193. The summed E-state index contributed by atoms with van der Waals surface area (Å²) in [6.07, 6.45) is -5.53. The molecule has 0 saturated carbocycles. The average Bonchev–Trinajstić information content (AvgIpc) is 3.26. The molecule has 0 bridgehead atoms. The number of fused-ring (bicyclic) bond motifs is 1. The summed E-state index contributed by atoms with van der Waals surface area (Å²) in [5.74, 6) is -7.45. The summed E-state index contributed by atoms with van der Waals surface area (Å²) in [6, 6.07) is 8.44. The van der Waals surface area contributed by atoms with E-state index in [9.17, 15) is 39.5 Å². The molecule has 20 heteroatoms. The molecule has 0 aromatic carbocycles. The molecule has 246 valence electrons. The second-order valence-corrected chi connectivity index (χ2v) is 8.58. The number of likely N-dealkylation sites (tertiary alicyclic amines) is 1. The molecular formula is C24H24F9N3O8. The fraction of sp³-hybridized carbons (Fsp3) is 0.458. The highest BCUT2D eigenvalue weighted by atomic mass is 19.4. The van der Waals surface area contributed by atoms with Crippen molar-refractivity contribution < 1.29 is 78.7 Å². The van der Waals surface area contributed by atoms with Gasteiger partial charge in [-0.05, 0) is 42.7 Å². The van der Waals surface area contributed by atoms with Crippen LogP contribution < -0.4 is 4.74 Å². The van der Waals surface area contributed by atoms with E-state index < -0.39 is 36.4 Å². The Morgan fingerprint density at radius 2 is 1.34 bits per heavy atom. The summed E-state index contributed by atoms with van der Waals surface area (Å²) in [6.45, 7) is 2.63. The number of carbonyl (C=O) groups is 3. The van der Waals surface area contributed by atoms with E-state index in [1.165, 1.54) is 12.0 Å². The predicted molar refractivity (Wildman–Crippen MR) is 127 cm³/mol. The summed E-state index contributed by atoms with van der Waals surface area (Å²) in [5.41, 5.74) is 1.28. The Hall–Kier alpha value is -4.20. The number of ether oxygens (including phenoxy) is 2. The molecule has 0 spiro atoms. The van der Waals surface area contributed by atoms with Crippen LogP contribution in [0.4, 0.5) is 39.5 Å². The SMILES string of the molecule is O=C(O)C(F)(F)F.O=C(O)C(F)(F)F.O=C(O)C(F)(F)F.c1cncc(O[C@H]2CN(Cc3ccncc3)[C@H]3CCCO[C@H]23)c1. The Kier molecular flexibility index (Phi) is 14.3. The van der Waals surface area contributed by atoms with Crippen molar-refractivity contribution in [1.29, 1.82) is 0 Å². The van der Waals surface area contributed by atoms with Gasteiger partial charge in [-0.1, -0.05) is 0 Å². The Morgan fingerprint density at radius 1 is 0.841 bits per heavy atom. The number of pyridine rings is 2. The largest absolute Gasteiger partial charge is 0.490 e. The molecule has 44 heavy (non-hydrogen) atoms. The Balaban J connectivity index is 0.000000379. The van der Waals surface area contributed by atoms with Gasteiger partial charge >= 0.3 is 36.4 Å². The lowest BCUT2D eigenvalue weighted by Crippen LogP contribution is -2.42. The number of nitrogens with zero attached hydrogens (tertiary/aromatic N) is 3. The average molecular weight is 653 g/mol. The van der Waals surface area contributed by atoms with Crippen LogP contribution in [0.5, 0.6) is 5.75 Å². The third kappa shape index (κ3) is 13.8. The molecule has 11 nitrogen and oxygen atoms in total. The normalized spacial score (nSPS) is 19.8. The fourth-order valence-electron chi connectivity index (χ4n) is 3.60. The second-order valence-electron chi connectivity index (χ2n) is 8.58.